The Bertz CT molecular complexity index is 1180. The SMILES string of the molecule is Cc1ccc2c(c1)[C@@H](C)Oc1cc(cnc1N)-c1c(nn(C)c1C#N)C1CC1O2. The lowest BCUT2D eigenvalue weighted by molar-refractivity contribution is 0.214. The third kappa shape index (κ3) is 2.80. The predicted molar refractivity (Wildman–Crippen MR) is 108 cm³/mol. The number of ether oxygens (including phenoxy) is 2. The minimum atomic E-state index is -0.273. The van der Waals surface area contributed by atoms with Crippen molar-refractivity contribution in [1.29, 1.82) is 5.26 Å². The molecular formula is C22H21N5O2. The molecule has 1 aliphatic heterocycles. The minimum absolute atomic E-state index is 0.0180. The smallest absolute Gasteiger partial charge is 0.166 e. The average Bonchev–Trinajstić information content (AvgIpc) is 3.37. The second kappa shape index (κ2) is 6.24. The largest absolute Gasteiger partial charge is 0.489 e. The number of pyridine rings is 1. The molecule has 2 unspecified atom stereocenters. The highest BCUT2D eigenvalue weighted by atomic mass is 16.5. The molecule has 0 spiro atoms. The first-order chi connectivity index (χ1) is 14.0. The Morgan fingerprint density at radius 3 is 2.86 bits per heavy atom. The van der Waals surface area contributed by atoms with E-state index in [9.17, 15) is 5.26 Å². The lowest BCUT2D eigenvalue weighted by Gasteiger charge is -2.21. The van der Waals surface area contributed by atoms with Gasteiger partial charge in [-0.25, -0.2) is 4.98 Å². The highest BCUT2D eigenvalue weighted by Crippen LogP contribution is 2.49. The number of aryl methyl sites for hydroxylation is 2. The molecule has 3 heterocycles. The Morgan fingerprint density at radius 2 is 2.07 bits per heavy atom. The molecule has 0 amide bonds. The van der Waals surface area contributed by atoms with Crippen LogP contribution in [0.2, 0.25) is 0 Å². The maximum absolute atomic E-state index is 9.72. The van der Waals surface area contributed by atoms with Crippen molar-refractivity contribution in [3.8, 4) is 28.7 Å². The van der Waals surface area contributed by atoms with E-state index in [0.29, 0.717) is 17.3 Å². The molecule has 3 atom stereocenters. The number of hydrogen-bond acceptors (Lipinski definition) is 6. The fraction of sp³-hybridized carbons (Fsp3) is 0.318. The molecule has 0 radical (unpaired) electrons. The van der Waals surface area contributed by atoms with Gasteiger partial charge in [0.05, 0.1) is 5.69 Å². The fourth-order valence-corrected chi connectivity index (χ4v) is 4.00. The van der Waals surface area contributed by atoms with E-state index in [1.807, 2.05) is 32.0 Å². The molecule has 2 aliphatic rings. The average molecular weight is 387 g/mol. The number of nitriles is 1. The van der Waals surface area contributed by atoms with Crippen LogP contribution in [0, 0.1) is 18.3 Å². The third-order valence-electron chi connectivity index (χ3n) is 5.62. The zero-order valence-corrected chi connectivity index (χ0v) is 16.5. The number of aromatic nitrogens is 3. The molecule has 0 saturated heterocycles. The Hall–Kier alpha value is -3.53. The summed E-state index contributed by atoms with van der Waals surface area (Å²) in [5.74, 6) is 1.72. The molecule has 7 nitrogen and oxygen atoms in total. The van der Waals surface area contributed by atoms with Crippen molar-refractivity contribution in [1.82, 2.24) is 14.8 Å². The van der Waals surface area contributed by atoms with Gasteiger partial charge in [0.2, 0.25) is 0 Å². The summed E-state index contributed by atoms with van der Waals surface area (Å²) in [6, 6.07) is 10.2. The van der Waals surface area contributed by atoms with E-state index < -0.39 is 0 Å². The van der Waals surface area contributed by atoms with Crippen LogP contribution in [0.15, 0.2) is 30.5 Å². The number of nitrogens with zero attached hydrogens (tertiary/aromatic N) is 4. The lowest BCUT2D eigenvalue weighted by atomic mass is 10.0. The Labute approximate surface area is 168 Å². The summed E-state index contributed by atoms with van der Waals surface area (Å²) >= 11 is 0. The molecule has 7 heteroatoms. The van der Waals surface area contributed by atoms with E-state index in [4.69, 9.17) is 15.2 Å². The molecule has 2 N–H and O–H groups in total. The van der Waals surface area contributed by atoms with Gasteiger partial charge in [-0.1, -0.05) is 11.6 Å². The zero-order chi connectivity index (χ0) is 20.3. The van der Waals surface area contributed by atoms with E-state index in [0.717, 1.165) is 40.1 Å². The second-order valence-electron chi connectivity index (χ2n) is 7.75. The number of nitrogen functional groups attached to an aromatic ring is 1. The van der Waals surface area contributed by atoms with Gasteiger partial charge in [0.15, 0.2) is 11.6 Å². The van der Waals surface area contributed by atoms with Crippen molar-refractivity contribution >= 4 is 5.82 Å². The Kier molecular flexibility index (Phi) is 3.78. The van der Waals surface area contributed by atoms with Crippen LogP contribution in [-0.2, 0) is 7.05 Å². The fourth-order valence-electron chi connectivity index (χ4n) is 4.00. The molecule has 1 fully saturated rings. The number of benzene rings is 1. The van der Waals surface area contributed by atoms with Crippen molar-refractivity contribution in [2.45, 2.75) is 38.4 Å². The van der Waals surface area contributed by atoms with Gasteiger partial charge in [-0.15, -0.1) is 0 Å². The van der Waals surface area contributed by atoms with Crippen LogP contribution in [0.5, 0.6) is 11.5 Å². The van der Waals surface area contributed by atoms with Crippen molar-refractivity contribution < 1.29 is 9.47 Å². The molecule has 1 aromatic carbocycles. The first-order valence-electron chi connectivity index (χ1n) is 9.63. The number of anilines is 1. The number of hydrogen-bond donors (Lipinski definition) is 1. The van der Waals surface area contributed by atoms with E-state index in [1.165, 1.54) is 0 Å². The summed E-state index contributed by atoms with van der Waals surface area (Å²) < 4.78 is 14.2. The van der Waals surface area contributed by atoms with Crippen molar-refractivity contribution in [2.75, 3.05) is 5.73 Å². The molecule has 29 heavy (non-hydrogen) atoms. The second-order valence-corrected chi connectivity index (χ2v) is 7.75. The number of rotatable bonds is 0. The van der Waals surface area contributed by atoms with Gasteiger partial charge in [0.25, 0.3) is 0 Å². The van der Waals surface area contributed by atoms with Gasteiger partial charge in [-0.2, -0.15) is 10.4 Å². The quantitative estimate of drug-likeness (QED) is 0.632. The van der Waals surface area contributed by atoms with Crippen LogP contribution < -0.4 is 15.2 Å². The zero-order valence-electron chi connectivity index (χ0n) is 16.5. The van der Waals surface area contributed by atoms with E-state index in [2.05, 4.69) is 22.2 Å². The van der Waals surface area contributed by atoms with Gasteiger partial charge in [-0.05, 0) is 38.5 Å². The molecule has 3 aromatic rings. The van der Waals surface area contributed by atoms with E-state index in [1.54, 1.807) is 17.9 Å². The normalized spacial score (nSPS) is 21.8. The summed E-state index contributed by atoms with van der Waals surface area (Å²) in [6.07, 6.45) is 2.28. The highest BCUT2D eigenvalue weighted by molar-refractivity contribution is 5.75. The molecule has 146 valence electrons. The third-order valence-corrected chi connectivity index (χ3v) is 5.62. The highest BCUT2D eigenvalue weighted by Gasteiger charge is 2.45. The van der Waals surface area contributed by atoms with Gasteiger partial charge < -0.3 is 15.2 Å². The Morgan fingerprint density at radius 1 is 1.24 bits per heavy atom. The maximum atomic E-state index is 9.72. The van der Waals surface area contributed by atoms with E-state index >= 15 is 0 Å². The first-order valence-corrected chi connectivity index (χ1v) is 9.63. The topological polar surface area (TPSA) is 99.0 Å². The summed E-state index contributed by atoms with van der Waals surface area (Å²) in [7, 11) is 1.78. The van der Waals surface area contributed by atoms with Gasteiger partial charge in [0, 0.05) is 35.9 Å². The monoisotopic (exact) mass is 387 g/mol. The molecule has 2 bridgehead atoms. The van der Waals surface area contributed by atoms with Gasteiger partial charge >= 0.3 is 0 Å². The Balaban J connectivity index is 1.73. The molecule has 5 rings (SSSR count). The lowest BCUT2D eigenvalue weighted by Crippen LogP contribution is -2.11. The van der Waals surface area contributed by atoms with Crippen LogP contribution in [0.3, 0.4) is 0 Å². The predicted octanol–water partition coefficient (Wildman–Crippen LogP) is 3.63. The van der Waals surface area contributed by atoms with Crippen molar-refractivity contribution in [2.24, 2.45) is 7.05 Å². The summed E-state index contributed by atoms with van der Waals surface area (Å²) in [5.41, 5.74) is 11.1. The maximum Gasteiger partial charge on any atom is 0.166 e. The van der Waals surface area contributed by atoms with Crippen LogP contribution >= 0.6 is 0 Å². The van der Waals surface area contributed by atoms with E-state index in [-0.39, 0.29) is 18.1 Å². The molecular weight excluding hydrogens is 366 g/mol. The standard InChI is InChI=1S/C22H21N5O2/c1-11-4-5-17-14(6-11)12(2)28-19-7-13(10-25-22(19)24)20-16(9-23)27(3)26-21(20)15-8-18(15)29-17/h4-7,10,12,15,18H,8H2,1-3H3,(H2,24,25)/t12-,15?,18?/m1/s1. The van der Waals surface area contributed by atoms with Crippen LogP contribution in [0.1, 0.15) is 47.9 Å². The number of nitrogens with two attached hydrogens (primary N) is 1. The van der Waals surface area contributed by atoms with Crippen LogP contribution in [0.25, 0.3) is 11.1 Å². The molecule has 2 aromatic heterocycles. The van der Waals surface area contributed by atoms with Gasteiger partial charge in [-0.3, -0.25) is 4.68 Å². The number of fused-ring (bicyclic) bond motifs is 7. The van der Waals surface area contributed by atoms with Crippen LogP contribution in [-0.4, -0.2) is 20.9 Å². The van der Waals surface area contributed by atoms with Gasteiger partial charge in [0.1, 0.15) is 29.7 Å². The summed E-state index contributed by atoms with van der Waals surface area (Å²) in [6.45, 7) is 4.02. The van der Waals surface area contributed by atoms with Crippen LogP contribution in [0.4, 0.5) is 5.82 Å². The minimum Gasteiger partial charge on any atom is -0.489 e. The van der Waals surface area contributed by atoms with Crippen molar-refractivity contribution in [3.05, 3.63) is 53.0 Å². The summed E-state index contributed by atoms with van der Waals surface area (Å²) in [5, 5.41) is 14.4. The molecule has 1 aliphatic carbocycles. The molecule has 1 saturated carbocycles. The summed E-state index contributed by atoms with van der Waals surface area (Å²) in [4.78, 5) is 4.33. The van der Waals surface area contributed by atoms with Crippen molar-refractivity contribution in [3.63, 3.8) is 0 Å². The first kappa shape index (κ1) is 17.6.